The average molecular weight is 357 g/mol. The number of hydrogen-bond acceptors (Lipinski definition) is 1. The van der Waals surface area contributed by atoms with Gasteiger partial charge in [0, 0.05) is 0 Å². The summed E-state index contributed by atoms with van der Waals surface area (Å²) in [6.45, 7) is 4.60. The molecule has 0 radical (unpaired) electrons. The van der Waals surface area contributed by atoms with E-state index in [9.17, 15) is 0 Å². The topological polar surface area (TPSA) is 0 Å². The quantitative estimate of drug-likeness (QED) is 0.185. The molecule has 0 aromatic rings. The first kappa shape index (κ1) is 24.4. The average Bonchev–Trinajstić information content (AvgIpc) is 2.60. The second kappa shape index (κ2) is 23.4. The van der Waals surface area contributed by atoms with Crippen LogP contribution in [-0.4, -0.2) is 11.5 Å². The molecule has 0 aliphatic rings. The molecule has 0 aliphatic heterocycles. The number of thioether (sulfide) groups is 1. The maximum absolute atomic E-state index is 2.30. The van der Waals surface area contributed by atoms with E-state index in [0.29, 0.717) is 0 Å². The summed E-state index contributed by atoms with van der Waals surface area (Å²) in [4.78, 5) is 0. The molecule has 0 saturated carbocycles. The third-order valence-corrected chi connectivity index (χ3v) is 6.19. The Morgan fingerprint density at radius 2 is 0.583 bits per heavy atom. The first-order valence-electron chi connectivity index (χ1n) is 11.5. The summed E-state index contributed by atoms with van der Waals surface area (Å²) in [7, 11) is 0. The summed E-state index contributed by atoms with van der Waals surface area (Å²) in [6.07, 6.45) is 27.7. The third kappa shape index (κ3) is 22.4. The number of rotatable bonds is 21. The lowest BCUT2D eigenvalue weighted by Crippen LogP contribution is -1.87. The van der Waals surface area contributed by atoms with Gasteiger partial charge in [0.05, 0.1) is 0 Å². The zero-order valence-corrected chi connectivity index (χ0v) is 18.1. The van der Waals surface area contributed by atoms with Crippen molar-refractivity contribution in [3.05, 3.63) is 0 Å². The molecule has 1 heteroatoms. The van der Waals surface area contributed by atoms with Crippen molar-refractivity contribution in [2.24, 2.45) is 0 Å². The molecule has 0 saturated heterocycles. The van der Waals surface area contributed by atoms with Crippen molar-refractivity contribution in [1.82, 2.24) is 0 Å². The van der Waals surface area contributed by atoms with Crippen molar-refractivity contribution < 1.29 is 0 Å². The zero-order chi connectivity index (χ0) is 17.6. The second-order valence-corrected chi connectivity index (χ2v) is 8.85. The van der Waals surface area contributed by atoms with Gasteiger partial charge >= 0.3 is 0 Å². The molecule has 0 aromatic heterocycles. The Bertz CT molecular complexity index is 180. The summed E-state index contributed by atoms with van der Waals surface area (Å²) in [5, 5.41) is 0. The Labute approximate surface area is 159 Å². The summed E-state index contributed by atoms with van der Waals surface area (Å²) >= 11 is 2.20. The Morgan fingerprint density at radius 3 is 0.875 bits per heavy atom. The monoisotopic (exact) mass is 356 g/mol. The fourth-order valence-corrected chi connectivity index (χ4v) is 4.33. The molecule has 0 heterocycles. The van der Waals surface area contributed by atoms with Crippen molar-refractivity contribution >= 4 is 11.8 Å². The molecule has 0 atom stereocenters. The van der Waals surface area contributed by atoms with Gasteiger partial charge < -0.3 is 0 Å². The predicted molar refractivity (Wildman–Crippen MR) is 116 cm³/mol. The van der Waals surface area contributed by atoms with Gasteiger partial charge in [0.25, 0.3) is 0 Å². The van der Waals surface area contributed by atoms with Crippen LogP contribution in [-0.2, 0) is 0 Å². The standard InChI is InChI=1S/C23H48S/c1-3-5-7-9-11-12-13-14-15-17-19-21-23-24-22-20-18-16-10-8-6-4-2/h3-23H2,1-2H3. The van der Waals surface area contributed by atoms with Crippen LogP contribution in [0.5, 0.6) is 0 Å². The van der Waals surface area contributed by atoms with E-state index in [-0.39, 0.29) is 0 Å². The lowest BCUT2D eigenvalue weighted by atomic mass is 10.1. The molecule has 0 rings (SSSR count). The van der Waals surface area contributed by atoms with Crippen LogP contribution in [0.15, 0.2) is 0 Å². The van der Waals surface area contributed by atoms with Crippen molar-refractivity contribution in [3.63, 3.8) is 0 Å². The van der Waals surface area contributed by atoms with Crippen LogP contribution in [0.1, 0.15) is 136 Å². The summed E-state index contributed by atoms with van der Waals surface area (Å²) in [5.74, 6) is 2.82. The number of hydrogen-bond donors (Lipinski definition) is 0. The minimum Gasteiger partial charge on any atom is -0.162 e. The molecular weight excluding hydrogens is 308 g/mol. The normalized spacial score (nSPS) is 11.2. The van der Waals surface area contributed by atoms with Gasteiger partial charge in [0.1, 0.15) is 0 Å². The van der Waals surface area contributed by atoms with E-state index in [1.54, 1.807) is 0 Å². The molecule has 0 fully saturated rings. The second-order valence-electron chi connectivity index (χ2n) is 7.62. The van der Waals surface area contributed by atoms with Crippen LogP contribution < -0.4 is 0 Å². The Hall–Kier alpha value is 0.350. The van der Waals surface area contributed by atoms with Crippen molar-refractivity contribution in [2.45, 2.75) is 136 Å². The smallest absolute Gasteiger partial charge is 0.00675 e. The van der Waals surface area contributed by atoms with Crippen LogP contribution in [0.2, 0.25) is 0 Å². The van der Waals surface area contributed by atoms with Gasteiger partial charge in [-0.25, -0.2) is 0 Å². The van der Waals surface area contributed by atoms with Gasteiger partial charge in [-0.05, 0) is 24.3 Å². The van der Waals surface area contributed by atoms with Gasteiger partial charge in [-0.2, -0.15) is 11.8 Å². The van der Waals surface area contributed by atoms with E-state index < -0.39 is 0 Å². The van der Waals surface area contributed by atoms with Crippen LogP contribution >= 0.6 is 11.8 Å². The van der Waals surface area contributed by atoms with Gasteiger partial charge in [0.2, 0.25) is 0 Å². The van der Waals surface area contributed by atoms with E-state index >= 15 is 0 Å². The van der Waals surface area contributed by atoms with Gasteiger partial charge in [-0.3, -0.25) is 0 Å². The van der Waals surface area contributed by atoms with Gasteiger partial charge in [-0.1, -0.05) is 123 Å². The largest absolute Gasteiger partial charge is 0.162 e. The summed E-state index contributed by atoms with van der Waals surface area (Å²) in [6, 6.07) is 0. The molecule has 0 spiro atoms. The molecule has 0 bridgehead atoms. The third-order valence-electron chi connectivity index (χ3n) is 5.03. The van der Waals surface area contributed by atoms with Crippen molar-refractivity contribution in [2.75, 3.05) is 11.5 Å². The lowest BCUT2D eigenvalue weighted by molar-refractivity contribution is 0.548. The highest BCUT2D eigenvalue weighted by atomic mass is 32.2. The highest BCUT2D eigenvalue weighted by Crippen LogP contribution is 2.15. The van der Waals surface area contributed by atoms with Crippen LogP contribution in [0.4, 0.5) is 0 Å². The van der Waals surface area contributed by atoms with E-state index in [4.69, 9.17) is 0 Å². The minimum absolute atomic E-state index is 1.37. The van der Waals surface area contributed by atoms with E-state index in [1.807, 2.05) is 0 Å². The summed E-state index contributed by atoms with van der Waals surface area (Å²) < 4.78 is 0. The van der Waals surface area contributed by atoms with Crippen molar-refractivity contribution in [1.29, 1.82) is 0 Å². The minimum atomic E-state index is 1.37. The van der Waals surface area contributed by atoms with Crippen LogP contribution in [0.3, 0.4) is 0 Å². The Balaban J connectivity index is 2.93. The molecule has 0 aliphatic carbocycles. The molecule has 0 unspecified atom stereocenters. The highest BCUT2D eigenvalue weighted by molar-refractivity contribution is 7.99. The molecular formula is C23H48S. The molecule has 24 heavy (non-hydrogen) atoms. The lowest BCUT2D eigenvalue weighted by Gasteiger charge is -2.04. The van der Waals surface area contributed by atoms with Crippen LogP contribution in [0.25, 0.3) is 0 Å². The number of unbranched alkanes of at least 4 members (excludes halogenated alkanes) is 17. The van der Waals surface area contributed by atoms with Crippen LogP contribution in [0, 0.1) is 0 Å². The van der Waals surface area contributed by atoms with E-state index in [0.717, 1.165) is 0 Å². The van der Waals surface area contributed by atoms with E-state index in [2.05, 4.69) is 25.6 Å². The molecule has 0 aromatic carbocycles. The molecule has 0 amide bonds. The fourth-order valence-electron chi connectivity index (χ4n) is 3.31. The first-order valence-corrected chi connectivity index (χ1v) is 12.6. The molecule has 0 N–H and O–H groups in total. The summed E-state index contributed by atoms with van der Waals surface area (Å²) in [5.41, 5.74) is 0. The van der Waals surface area contributed by atoms with Gasteiger partial charge in [-0.15, -0.1) is 0 Å². The SMILES string of the molecule is CCCCCCCCCCCCCCSCCCCCCCCC. The fraction of sp³-hybridized carbons (Fsp3) is 1.00. The highest BCUT2D eigenvalue weighted by Gasteiger charge is 1.95. The Kier molecular flexibility index (Phi) is 23.7. The first-order chi connectivity index (χ1) is 11.9. The zero-order valence-electron chi connectivity index (χ0n) is 17.3. The van der Waals surface area contributed by atoms with Gasteiger partial charge in [0.15, 0.2) is 0 Å². The Morgan fingerprint density at radius 1 is 0.333 bits per heavy atom. The molecule has 146 valence electrons. The maximum atomic E-state index is 2.30. The van der Waals surface area contributed by atoms with Crippen molar-refractivity contribution in [3.8, 4) is 0 Å². The molecule has 0 nitrogen and oxygen atoms in total. The van der Waals surface area contributed by atoms with E-state index in [1.165, 1.54) is 134 Å². The predicted octanol–water partition coefficient (Wildman–Crippen LogP) is 9.17. The maximum Gasteiger partial charge on any atom is -0.00675 e.